The van der Waals surface area contributed by atoms with E-state index in [1.54, 1.807) is 24.3 Å². The lowest BCUT2D eigenvalue weighted by Crippen LogP contribution is -2.33. The molecule has 0 radical (unpaired) electrons. The standard InChI is InChI=1S/C32H33NO5S/c1-23-9-15-28(16-10-23)39(34,35)38-32-21-29-26(20-31(32)36-3)17-18-33(2)30(29)19-24-11-13-27(14-12-24)37-22-25-7-5-4-6-8-25/h4-16,20-21,30H,17-19,22H2,1-3H3. The molecule has 1 unspecified atom stereocenters. The molecule has 39 heavy (non-hydrogen) atoms. The van der Waals surface area contributed by atoms with E-state index in [2.05, 4.69) is 24.1 Å². The van der Waals surface area contributed by atoms with Crippen molar-refractivity contribution in [2.24, 2.45) is 0 Å². The van der Waals surface area contributed by atoms with Gasteiger partial charge in [0.05, 0.1) is 7.11 Å². The Hall–Kier alpha value is -3.81. The molecule has 1 aliphatic rings. The van der Waals surface area contributed by atoms with Gasteiger partial charge in [-0.15, -0.1) is 0 Å². The molecule has 0 bridgehead atoms. The average Bonchev–Trinajstić information content (AvgIpc) is 2.94. The van der Waals surface area contributed by atoms with Gasteiger partial charge in [-0.1, -0.05) is 60.2 Å². The minimum Gasteiger partial charge on any atom is -0.493 e. The maximum absolute atomic E-state index is 13.1. The highest BCUT2D eigenvalue weighted by Crippen LogP contribution is 2.40. The van der Waals surface area contributed by atoms with Crippen LogP contribution in [-0.4, -0.2) is 34.0 Å². The van der Waals surface area contributed by atoms with E-state index in [9.17, 15) is 8.42 Å². The summed E-state index contributed by atoms with van der Waals surface area (Å²) in [7, 11) is -0.392. The fourth-order valence-electron chi connectivity index (χ4n) is 4.88. The van der Waals surface area contributed by atoms with Gasteiger partial charge < -0.3 is 13.7 Å². The smallest absolute Gasteiger partial charge is 0.339 e. The van der Waals surface area contributed by atoms with Crippen LogP contribution >= 0.6 is 0 Å². The van der Waals surface area contributed by atoms with Gasteiger partial charge in [0.15, 0.2) is 11.5 Å². The zero-order valence-electron chi connectivity index (χ0n) is 22.5. The van der Waals surface area contributed by atoms with Crippen LogP contribution in [0.2, 0.25) is 0 Å². The summed E-state index contributed by atoms with van der Waals surface area (Å²) in [6.07, 6.45) is 1.61. The second kappa shape index (κ2) is 11.5. The second-order valence-electron chi connectivity index (χ2n) is 9.92. The Balaban J connectivity index is 1.37. The fourth-order valence-corrected chi connectivity index (χ4v) is 5.81. The molecule has 0 spiro atoms. The zero-order valence-corrected chi connectivity index (χ0v) is 23.3. The normalized spacial score (nSPS) is 15.4. The SMILES string of the molecule is COc1cc2c(cc1OS(=O)(=O)c1ccc(C)cc1)C(Cc1ccc(OCc3ccccc3)cc1)N(C)CC2. The van der Waals surface area contributed by atoms with Gasteiger partial charge >= 0.3 is 10.1 Å². The molecule has 1 atom stereocenters. The second-order valence-corrected chi connectivity index (χ2v) is 11.5. The van der Waals surface area contributed by atoms with E-state index in [-0.39, 0.29) is 16.7 Å². The Kier molecular flexibility index (Phi) is 7.91. The van der Waals surface area contributed by atoms with Crippen molar-refractivity contribution in [2.75, 3.05) is 20.7 Å². The number of hydrogen-bond acceptors (Lipinski definition) is 6. The van der Waals surface area contributed by atoms with Crippen molar-refractivity contribution in [3.63, 3.8) is 0 Å². The number of fused-ring (bicyclic) bond motifs is 1. The molecule has 0 aromatic heterocycles. The summed E-state index contributed by atoms with van der Waals surface area (Å²) >= 11 is 0. The minimum absolute atomic E-state index is 0.0557. The van der Waals surface area contributed by atoms with Crippen LogP contribution in [0.5, 0.6) is 17.2 Å². The number of benzene rings is 4. The first-order valence-corrected chi connectivity index (χ1v) is 14.4. The summed E-state index contributed by atoms with van der Waals surface area (Å²) in [5, 5.41) is 0. The van der Waals surface area contributed by atoms with E-state index >= 15 is 0 Å². The first-order valence-electron chi connectivity index (χ1n) is 13.0. The van der Waals surface area contributed by atoms with E-state index < -0.39 is 10.1 Å². The lowest BCUT2D eigenvalue weighted by Gasteiger charge is -2.35. The molecule has 1 heterocycles. The van der Waals surface area contributed by atoms with Crippen LogP contribution in [0.3, 0.4) is 0 Å². The highest BCUT2D eigenvalue weighted by atomic mass is 32.2. The van der Waals surface area contributed by atoms with Crippen LogP contribution in [0.15, 0.2) is 95.9 Å². The van der Waals surface area contributed by atoms with Crippen molar-refractivity contribution in [1.29, 1.82) is 0 Å². The maximum atomic E-state index is 13.1. The van der Waals surface area contributed by atoms with E-state index in [1.165, 1.54) is 7.11 Å². The third-order valence-electron chi connectivity index (χ3n) is 7.16. The zero-order chi connectivity index (χ0) is 27.4. The number of methoxy groups -OCH3 is 1. The third-order valence-corrected chi connectivity index (χ3v) is 8.41. The summed E-state index contributed by atoms with van der Waals surface area (Å²) in [6.45, 7) is 3.32. The largest absolute Gasteiger partial charge is 0.493 e. The molecular formula is C32H33NO5S. The summed E-state index contributed by atoms with van der Waals surface area (Å²) in [5.41, 5.74) is 5.44. The molecule has 5 rings (SSSR count). The molecular weight excluding hydrogens is 510 g/mol. The summed E-state index contributed by atoms with van der Waals surface area (Å²) < 4.78 is 43.3. The highest BCUT2D eigenvalue weighted by Gasteiger charge is 2.29. The number of likely N-dealkylation sites (N-methyl/N-ethyl adjacent to an activating group) is 1. The highest BCUT2D eigenvalue weighted by molar-refractivity contribution is 7.87. The summed E-state index contributed by atoms with van der Waals surface area (Å²) in [4.78, 5) is 2.41. The van der Waals surface area contributed by atoms with Crippen LogP contribution in [0.25, 0.3) is 0 Å². The minimum atomic E-state index is -4.02. The lowest BCUT2D eigenvalue weighted by molar-refractivity contribution is 0.228. The van der Waals surface area contributed by atoms with Crippen molar-refractivity contribution in [2.45, 2.75) is 37.3 Å². The van der Waals surface area contributed by atoms with Crippen LogP contribution in [0.1, 0.15) is 33.9 Å². The summed E-state index contributed by atoms with van der Waals surface area (Å²) in [5.74, 6) is 1.43. The molecule has 0 amide bonds. The molecule has 0 saturated carbocycles. The topological polar surface area (TPSA) is 65.1 Å². The van der Waals surface area contributed by atoms with Crippen molar-refractivity contribution >= 4 is 10.1 Å². The number of hydrogen-bond donors (Lipinski definition) is 0. The van der Waals surface area contributed by atoms with Gasteiger partial charge in [0.2, 0.25) is 0 Å². The molecule has 1 aliphatic heterocycles. The molecule has 7 heteroatoms. The molecule has 0 aliphatic carbocycles. The van der Waals surface area contributed by atoms with Crippen molar-refractivity contribution in [1.82, 2.24) is 4.90 Å². The number of aryl methyl sites for hydroxylation is 1. The Morgan fingerprint density at radius 2 is 1.59 bits per heavy atom. The maximum Gasteiger partial charge on any atom is 0.339 e. The molecule has 0 fully saturated rings. The van der Waals surface area contributed by atoms with Gasteiger partial charge in [0.1, 0.15) is 17.3 Å². The van der Waals surface area contributed by atoms with Gasteiger partial charge in [-0.05, 0) is 85.5 Å². The monoisotopic (exact) mass is 543 g/mol. The number of rotatable bonds is 9. The predicted molar refractivity (Wildman–Crippen MR) is 152 cm³/mol. The van der Waals surface area contributed by atoms with E-state index in [0.29, 0.717) is 12.4 Å². The van der Waals surface area contributed by atoms with Crippen LogP contribution < -0.4 is 13.7 Å². The van der Waals surface area contributed by atoms with Crippen LogP contribution in [-0.2, 0) is 29.6 Å². The quantitative estimate of drug-likeness (QED) is 0.237. The Labute approximate surface area is 230 Å². The molecule has 0 saturated heterocycles. The van der Waals surface area contributed by atoms with Gasteiger partial charge in [-0.25, -0.2) is 0 Å². The van der Waals surface area contributed by atoms with Gasteiger partial charge in [-0.3, -0.25) is 4.90 Å². The van der Waals surface area contributed by atoms with Gasteiger partial charge in [0.25, 0.3) is 0 Å². The lowest BCUT2D eigenvalue weighted by atomic mass is 9.88. The van der Waals surface area contributed by atoms with Crippen LogP contribution in [0.4, 0.5) is 0 Å². The molecule has 4 aromatic carbocycles. The first-order chi connectivity index (χ1) is 18.8. The predicted octanol–water partition coefficient (Wildman–Crippen LogP) is 6.12. The van der Waals surface area contributed by atoms with E-state index in [1.807, 2.05) is 61.5 Å². The Morgan fingerprint density at radius 1 is 0.872 bits per heavy atom. The van der Waals surface area contributed by atoms with Crippen molar-refractivity contribution < 1.29 is 22.1 Å². The summed E-state index contributed by atoms with van der Waals surface area (Å²) in [6, 6.07) is 28.7. The number of ether oxygens (including phenoxy) is 2. The Bertz CT molecular complexity index is 1520. The Morgan fingerprint density at radius 3 is 2.28 bits per heavy atom. The van der Waals surface area contributed by atoms with Gasteiger partial charge in [-0.2, -0.15) is 8.42 Å². The third kappa shape index (κ3) is 6.27. The average molecular weight is 544 g/mol. The van der Waals surface area contributed by atoms with E-state index in [0.717, 1.165) is 53.0 Å². The van der Waals surface area contributed by atoms with E-state index in [4.69, 9.17) is 13.7 Å². The molecule has 202 valence electrons. The number of nitrogens with zero attached hydrogens (tertiary/aromatic N) is 1. The van der Waals surface area contributed by atoms with Crippen molar-refractivity contribution in [3.05, 3.63) is 119 Å². The van der Waals surface area contributed by atoms with Crippen LogP contribution in [0, 0.1) is 6.92 Å². The molecule has 6 nitrogen and oxygen atoms in total. The fraction of sp³-hybridized carbons (Fsp3) is 0.250. The molecule has 0 N–H and O–H groups in total. The van der Waals surface area contributed by atoms with Gasteiger partial charge in [0, 0.05) is 12.6 Å². The first kappa shape index (κ1) is 26.8. The van der Waals surface area contributed by atoms with Crippen molar-refractivity contribution in [3.8, 4) is 17.2 Å². The molecule has 4 aromatic rings.